The molecule has 306 valence electrons. The van der Waals surface area contributed by atoms with Crippen molar-refractivity contribution in [1.82, 2.24) is 19.5 Å². The lowest BCUT2D eigenvalue weighted by molar-refractivity contribution is 0.669. The van der Waals surface area contributed by atoms with Gasteiger partial charge in [0.25, 0.3) is 0 Å². The molecule has 0 spiro atoms. The van der Waals surface area contributed by atoms with E-state index in [-0.39, 0.29) is 0 Å². The molecule has 0 saturated carbocycles. The highest BCUT2D eigenvalue weighted by molar-refractivity contribution is 7.27. The van der Waals surface area contributed by atoms with Crippen LogP contribution in [0, 0.1) is 0 Å². The summed E-state index contributed by atoms with van der Waals surface area (Å²) in [7, 11) is 0. The van der Waals surface area contributed by atoms with Crippen LogP contribution in [0.5, 0.6) is 0 Å². The molecular formula is C59H32N4OS2. The summed E-state index contributed by atoms with van der Waals surface area (Å²) in [5.41, 5.74) is 7.83. The summed E-state index contributed by atoms with van der Waals surface area (Å²) in [5.74, 6) is 1.83. The Balaban J connectivity index is 1.04. The normalized spacial score (nSPS) is 12.2. The first kappa shape index (κ1) is 36.1. The summed E-state index contributed by atoms with van der Waals surface area (Å²) >= 11 is 3.65. The van der Waals surface area contributed by atoms with Gasteiger partial charge in [-0.2, -0.15) is 0 Å². The number of rotatable bonds is 4. The summed E-state index contributed by atoms with van der Waals surface area (Å²) < 4.78 is 13.7. The van der Waals surface area contributed by atoms with Gasteiger partial charge in [0.15, 0.2) is 17.5 Å². The number of furan rings is 1. The highest BCUT2D eigenvalue weighted by Crippen LogP contribution is 2.46. The predicted octanol–water partition coefficient (Wildman–Crippen LogP) is 16.9. The second-order valence-corrected chi connectivity index (χ2v) is 19.3. The molecule has 0 aliphatic carbocycles. The molecule has 10 aromatic carbocycles. The van der Waals surface area contributed by atoms with Gasteiger partial charge in [0, 0.05) is 78.6 Å². The van der Waals surface area contributed by atoms with E-state index >= 15 is 0 Å². The van der Waals surface area contributed by atoms with Gasteiger partial charge in [-0.25, -0.2) is 15.0 Å². The summed E-state index contributed by atoms with van der Waals surface area (Å²) in [5, 5.41) is 14.3. The number of hydrogen-bond acceptors (Lipinski definition) is 6. The van der Waals surface area contributed by atoms with Crippen LogP contribution in [-0.4, -0.2) is 19.5 Å². The van der Waals surface area contributed by atoms with E-state index in [1.165, 1.54) is 72.7 Å². The Morgan fingerprint density at radius 2 is 0.985 bits per heavy atom. The molecule has 0 fully saturated rings. The van der Waals surface area contributed by atoms with Crippen molar-refractivity contribution in [2.45, 2.75) is 0 Å². The van der Waals surface area contributed by atoms with E-state index in [2.05, 4.69) is 180 Å². The average molecular weight is 877 g/mol. The Labute approximate surface area is 384 Å². The smallest absolute Gasteiger partial charge is 0.164 e. The third-order valence-corrected chi connectivity index (χ3v) is 15.7. The van der Waals surface area contributed by atoms with Crippen molar-refractivity contribution < 1.29 is 4.42 Å². The first-order chi connectivity index (χ1) is 32.7. The molecule has 0 amide bonds. The van der Waals surface area contributed by atoms with Crippen LogP contribution in [0.25, 0.3) is 145 Å². The number of thiophene rings is 2. The molecule has 5 nitrogen and oxygen atoms in total. The Bertz CT molecular complexity index is 4420. The minimum Gasteiger partial charge on any atom is -0.456 e. The Hall–Kier alpha value is -8.23. The van der Waals surface area contributed by atoms with Gasteiger partial charge in [0.1, 0.15) is 11.2 Å². The van der Waals surface area contributed by atoms with E-state index in [0.717, 1.165) is 55.3 Å². The maximum Gasteiger partial charge on any atom is 0.164 e. The average Bonchev–Trinajstić information content (AvgIpc) is 4.14. The highest BCUT2D eigenvalue weighted by Gasteiger charge is 2.22. The summed E-state index contributed by atoms with van der Waals surface area (Å²) in [6.45, 7) is 0. The fourth-order valence-corrected chi connectivity index (χ4v) is 12.7. The van der Waals surface area contributed by atoms with E-state index < -0.39 is 0 Å². The number of fused-ring (bicyclic) bond motifs is 15. The number of hydrogen-bond donors (Lipinski definition) is 0. The lowest BCUT2D eigenvalue weighted by Crippen LogP contribution is -2.01. The second kappa shape index (κ2) is 13.6. The molecule has 0 aliphatic rings. The minimum atomic E-state index is 0.602. The first-order valence-electron chi connectivity index (χ1n) is 22.1. The number of para-hydroxylation sites is 2. The van der Waals surface area contributed by atoms with Gasteiger partial charge < -0.3 is 8.98 Å². The Kier molecular flexibility index (Phi) is 7.47. The molecule has 15 aromatic rings. The monoisotopic (exact) mass is 876 g/mol. The third-order valence-electron chi connectivity index (χ3n) is 13.4. The van der Waals surface area contributed by atoms with Gasteiger partial charge in [-0.15, -0.1) is 22.7 Å². The van der Waals surface area contributed by atoms with Gasteiger partial charge >= 0.3 is 0 Å². The van der Waals surface area contributed by atoms with Crippen molar-refractivity contribution in [3.05, 3.63) is 194 Å². The fourth-order valence-electron chi connectivity index (χ4n) is 10.3. The molecule has 0 N–H and O–H groups in total. The van der Waals surface area contributed by atoms with Crippen LogP contribution in [0.2, 0.25) is 0 Å². The molecule has 0 saturated heterocycles. The molecular weight excluding hydrogens is 845 g/mol. The molecule has 5 aromatic heterocycles. The van der Waals surface area contributed by atoms with Crippen LogP contribution >= 0.6 is 22.7 Å². The molecule has 0 bridgehead atoms. The lowest BCUT2D eigenvalue weighted by atomic mass is 10.0. The number of nitrogens with zero attached hydrogens (tertiary/aromatic N) is 4. The van der Waals surface area contributed by atoms with Crippen LogP contribution in [0.15, 0.2) is 199 Å². The van der Waals surface area contributed by atoms with Crippen LogP contribution in [0.3, 0.4) is 0 Å². The minimum absolute atomic E-state index is 0.602. The molecule has 0 radical (unpaired) electrons. The van der Waals surface area contributed by atoms with E-state index in [1.807, 2.05) is 40.9 Å². The zero-order chi connectivity index (χ0) is 43.0. The van der Waals surface area contributed by atoms with Crippen LogP contribution in [0.1, 0.15) is 0 Å². The van der Waals surface area contributed by atoms with E-state index in [0.29, 0.717) is 17.5 Å². The predicted molar refractivity (Wildman–Crippen MR) is 279 cm³/mol. The molecule has 5 heterocycles. The third kappa shape index (κ3) is 5.29. The van der Waals surface area contributed by atoms with Crippen molar-refractivity contribution in [1.29, 1.82) is 0 Å². The van der Waals surface area contributed by atoms with Crippen molar-refractivity contribution in [2.75, 3.05) is 0 Å². The zero-order valence-corrected chi connectivity index (χ0v) is 36.6. The molecule has 66 heavy (non-hydrogen) atoms. The van der Waals surface area contributed by atoms with Gasteiger partial charge in [0.2, 0.25) is 0 Å². The van der Waals surface area contributed by atoms with Crippen molar-refractivity contribution in [3.63, 3.8) is 0 Å². The van der Waals surface area contributed by atoms with Crippen molar-refractivity contribution in [2.24, 2.45) is 0 Å². The SMILES string of the molecule is c1ccc2cc3c(cc2c1)c1ccccc1n3-c1cc(-c2nc(-c3ccc4oc5ccccc5c4c3)nc(-c3ccc4sc5ccccc5c4c3)n2)cc2sc3c4ccccc4ccc3c12. The topological polar surface area (TPSA) is 56.7 Å². The van der Waals surface area contributed by atoms with Crippen LogP contribution in [0.4, 0.5) is 0 Å². The molecule has 7 heteroatoms. The fraction of sp³-hybridized carbons (Fsp3) is 0. The summed E-state index contributed by atoms with van der Waals surface area (Å²) in [6, 6.07) is 69.7. The molecule has 15 rings (SSSR count). The summed E-state index contributed by atoms with van der Waals surface area (Å²) in [4.78, 5) is 16.2. The van der Waals surface area contributed by atoms with Gasteiger partial charge in [-0.05, 0) is 100 Å². The van der Waals surface area contributed by atoms with Crippen LogP contribution < -0.4 is 0 Å². The van der Waals surface area contributed by atoms with Crippen LogP contribution in [-0.2, 0) is 0 Å². The van der Waals surface area contributed by atoms with E-state index in [4.69, 9.17) is 19.4 Å². The molecule has 0 unspecified atom stereocenters. The van der Waals surface area contributed by atoms with Gasteiger partial charge in [0.05, 0.1) is 16.7 Å². The lowest BCUT2D eigenvalue weighted by Gasteiger charge is -2.14. The zero-order valence-electron chi connectivity index (χ0n) is 35.0. The standard InChI is InChI=1S/C59H32N4OS2/c1-2-13-35-30-48-44(27-34(35)12-1)40-15-5-8-18-47(40)63(48)49-31-38(32-54-55(49)43-24-21-33-11-3-4-14-39(33)56(43)66-54)59-61-57(36-22-25-51-45(28-36)41-16-6-9-19-50(41)64-51)60-58(62-59)37-23-26-53-46(29-37)42-17-7-10-20-52(42)65-53/h1-32H. The summed E-state index contributed by atoms with van der Waals surface area (Å²) in [6.07, 6.45) is 0. The molecule has 0 atom stereocenters. The second-order valence-electron chi connectivity index (χ2n) is 17.1. The molecule has 0 aliphatic heterocycles. The first-order valence-corrected chi connectivity index (χ1v) is 23.7. The maximum absolute atomic E-state index is 6.27. The number of aromatic nitrogens is 4. The van der Waals surface area contributed by atoms with E-state index in [9.17, 15) is 0 Å². The van der Waals surface area contributed by atoms with Crippen molar-refractivity contribution in [3.8, 4) is 39.9 Å². The maximum atomic E-state index is 6.27. The quantitative estimate of drug-likeness (QED) is 0.177. The van der Waals surface area contributed by atoms with Crippen molar-refractivity contribution >= 4 is 128 Å². The number of benzene rings is 10. The van der Waals surface area contributed by atoms with E-state index in [1.54, 1.807) is 0 Å². The largest absolute Gasteiger partial charge is 0.456 e. The Morgan fingerprint density at radius 1 is 0.348 bits per heavy atom. The van der Waals surface area contributed by atoms with Gasteiger partial charge in [-0.3, -0.25) is 0 Å². The highest BCUT2D eigenvalue weighted by atomic mass is 32.1. The van der Waals surface area contributed by atoms with Gasteiger partial charge in [-0.1, -0.05) is 115 Å². The Morgan fingerprint density at radius 3 is 1.83 bits per heavy atom.